The van der Waals surface area contributed by atoms with Gasteiger partial charge in [0, 0.05) is 32.2 Å². The van der Waals surface area contributed by atoms with Gasteiger partial charge in [0.25, 0.3) is 0 Å². The van der Waals surface area contributed by atoms with Crippen molar-refractivity contribution in [1.29, 1.82) is 0 Å². The molecule has 1 heterocycles. The molecule has 0 aliphatic carbocycles. The summed E-state index contributed by atoms with van der Waals surface area (Å²) in [6.45, 7) is 11.1. The van der Waals surface area contributed by atoms with Crippen molar-refractivity contribution >= 4 is 23.2 Å². The lowest BCUT2D eigenvalue weighted by atomic mass is 9.81. The Labute approximate surface area is 126 Å². The van der Waals surface area contributed by atoms with Crippen molar-refractivity contribution in [2.24, 2.45) is 5.41 Å². The summed E-state index contributed by atoms with van der Waals surface area (Å²) in [6.07, 6.45) is 0. The van der Waals surface area contributed by atoms with E-state index in [-0.39, 0.29) is 5.41 Å². The average Bonchev–Trinajstić information content (AvgIpc) is 2.34. The van der Waals surface area contributed by atoms with E-state index in [0.717, 1.165) is 26.2 Å². The van der Waals surface area contributed by atoms with E-state index in [4.69, 9.17) is 23.2 Å². The first-order valence-electron chi connectivity index (χ1n) is 6.79. The lowest BCUT2D eigenvalue weighted by molar-refractivity contribution is 0.0862. The summed E-state index contributed by atoms with van der Waals surface area (Å²) < 4.78 is 0. The molecule has 2 rings (SSSR count). The van der Waals surface area contributed by atoms with Gasteiger partial charge in [-0.05, 0) is 23.1 Å². The van der Waals surface area contributed by atoms with E-state index in [9.17, 15) is 0 Å². The minimum absolute atomic E-state index is 0.161. The van der Waals surface area contributed by atoms with Crippen LogP contribution in [-0.4, -0.2) is 31.1 Å². The standard InChI is InChI=1S/C15H22Cl2N2/c1-15(2,3)14(19-8-6-18-7-9-19)11-4-5-12(16)13(17)10-11/h4-5,10,14,18H,6-9H2,1-3H3/t14-/m0/s1. The number of nitrogens with one attached hydrogen (secondary N) is 1. The summed E-state index contributed by atoms with van der Waals surface area (Å²) in [5.74, 6) is 0. The quantitative estimate of drug-likeness (QED) is 0.888. The number of hydrogen-bond acceptors (Lipinski definition) is 2. The molecule has 0 unspecified atom stereocenters. The van der Waals surface area contributed by atoms with Crippen LogP contribution in [0.1, 0.15) is 32.4 Å². The molecule has 1 atom stereocenters. The van der Waals surface area contributed by atoms with Crippen LogP contribution < -0.4 is 5.32 Å². The molecule has 1 aliphatic heterocycles. The van der Waals surface area contributed by atoms with Crippen molar-refractivity contribution in [2.45, 2.75) is 26.8 Å². The van der Waals surface area contributed by atoms with Crippen LogP contribution in [0.25, 0.3) is 0 Å². The zero-order valence-corrected chi connectivity index (χ0v) is 13.4. The van der Waals surface area contributed by atoms with Gasteiger partial charge >= 0.3 is 0 Å². The molecule has 0 aromatic heterocycles. The maximum absolute atomic E-state index is 6.18. The zero-order valence-electron chi connectivity index (χ0n) is 11.8. The van der Waals surface area contributed by atoms with E-state index in [1.807, 2.05) is 12.1 Å². The summed E-state index contributed by atoms with van der Waals surface area (Å²) in [5.41, 5.74) is 1.41. The van der Waals surface area contributed by atoms with Crippen molar-refractivity contribution in [3.63, 3.8) is 0 Å². The first-order chi connectivity index (χ1) is 8.89. The van der Waals surface area contributed by atoms with E-state index in [2.05, 4.69) is 37.1 Å². The summed E-state index contributed by atoms with van der Waals surface area (Å²) >= 11 is 12.2. The molecule has 4 heteroatoms. The molecule has 2 nitrogen and oxygen atoms in total. The van der Waals surface area contributed by atoms with Crippen LogP contribution >= 0.6 is 23.2 Å². The van der Waals surface area contributed by atoms with E-state index >= 15 is 0 Å². The third-order valence-electron chi connectivity index (χ3n) is 3.60. The number of piperazine rings is 1. The smallest absolute Gasteiger partial charge is 0.0595 e. The van der Waals surface area contributed by atoms with E-state index in [1.54, 1.807) is 0 Å². The monoisotopic (exact) mass is 300 g/mol. The van der Waals surface area contributed by atoms with Crippen molar-refractivity contribution < 1.29 is 0 Å². The second-order valence-corrected chi connectivity index (χ2v) is 7.04. The number of nitrogens with zero attached hydrogens (tertiary/aromatic N) is 1. The van der Waals surface area contributed by atoms with Crippen LogP contribution in [0.2, 0.25) is 10.0 Å². The zero-order chi connectivity index (χ0) is 14.0. The largest absolute Gasteiger partial charge is 0.314 e. The average molecular weight is 301 g/mol. The maximum Gasteiger partial charge on any atom is 0.0595 e. The van der Waals surface area contributed by atoms with Gasteiger partial charge in [0.15, 0.2) is 0 Å². The molecular formula is C15H22Cl2N2. The molecule has 1 aromatic rings. The van der Waals surface area contributed by atoms with Gasteiger partial charge in [-0.1, -0.05) is 50.0 Å². The van der Waals surface area contributed by atoms with Gasteiger partial charge in [-0.15, -0.1) is 0 Å². The van der Waals surface area contributed by atoms with Crippen molar-refractivity contribution in [2.75, 3.05) is 26.2 Å². The van der Waals surface area contributed by atoms with Crippen LogP contribution in [0.5, 0.6) is 0 Å². The molecule has 0 radical (unpaired) electrons. The minimum atomic E-state index is 0.161. The SMILES string of the molecule is CC(C)(C)[C@H](c1ccc(Cl)c(Cl)c1)N1CCNCC1. The van der Waals surface area contributed by atoms with Gasteiger partial charge in [-0.25, -0.2) is 0 Å². The third kappa shape index (κ3) is 3.63. The summed E-state index contributed by atoms with van der Waals surface area (Å²) in [6, 6.07) is 6.39. The predicted molar refractivity (Wildman–Crippen MR) is 83.1 cm³/mol. The molecule has 0 bridgehead atoms. The van der Waals surface area contributed by atoms with E-state index in [0.29, 0.717) is 16.1 Å². The highest BCUT2D eigenvalue weighted by atomic mass is 35.5. The fraction of sp³-hybridized carbons (Fsp3) is 0.600. The van der Waals surface area contributed by atoms with Gasteiger partial charge < -0.3 is 5.32 Å². The van der Waals surface area contributed by atoms with Crippen molar-refractivity contribution in [3.05, 3.63) is 33.8 Å². The Hall–Kier alpha value is -0.280. The summed E-state index contributed by atoms with van der Waals surface area (Å²) in [7, 11) is 0. The number of hydrogen-bond donors (Lipinski definition) is 1. The molecule has 1 N–H and O–H groups in total. The van der Waals surface area contributed by atoms with Crippen LogP contribution in [-0.2, 0) is 0 Å². The van der Waals surface area contributed by atoms with E-state index < -0.39 is 0 Å². The highest BCUT2D eigenvalue weighted by Crippen LogP contribution is 2.39. The first kappa shape index (κ1) is 15.1. The van der Waals surface area contributed by atoms with Crippen LogP contribution in [0, 0.1) is 5.41 Å². The molecule has 1 saturated heterocycles. The number of halogens is 2. The Balaban J connectivity index is 2.33. The number of rotatable bonds is 2. The predicted octanol–water partition coefficient (Wildman–Crippen LogP) is 3.99. The van der Waals surface area contributed by atoms with Gasteiger partial charge in [-0.3, -0.25) is 4.90 Å². The summed E-state index contributed by atoms with van der Waals surface area (Å²) in [4.78, 5) is 2.54. The Bertz CT molecular complexity index is 434. The summed E-state index contributed by atoms with van der Waals surface area (Å²) in [5, 5.41) is 4.67. The molecule has 1 aromatic carbocycles. The van der Waals surface area contributed by atoms with Crippen molar-refractivity contribution in [1.82, 2.24) is 10.2 Å². The Morgan fingerprint density at radius 1 is 1.11 bits per heavy atom. The van der Waals surface area contributed by atoms with Gasteiger partial charge in [0.1, 0.15) is 0 Å². The Morgan fingerprint density at radius 3 is 2.26 bits per heavy atom. The van der Waals surface area contributed by atoms with Gasteiger partial charge in [0.2, 0.25) is 0 Å². The fourth-order valence-corrected chi connectivity index (χ4v) is 3.19. The number of benzene rings is 1. The molecule has 0 spiro atoms. The van der Waals surface area contributed by atoms with Crippen LogP contribution in [0.15, 0.2) is 18.2 Å². The van der Waals surface area contributed by atoms with Gasteiger partial charge in [0.05, 0.1) is 10.0 Å². The third-order valence-corrected chi connectivity index (χ3v) is 4.34. The highest BCUT2D eigenvalue weighted by molar-refractivity contribution is 6.42. The molecule has 0 amide bonds. The lowest BCUT2D eigenvalue weighted by Crippen LogP contribution is -2.48. The first-order valence-corrected chi connectivity index (χ1v) is 7.55. The molecular weight excluding hydrogens is 279 g/mol. The molecule has 106 valence electrons. The van der Waals surface area contributed by atoms with Gasteiger partial charge in [-0.2, -0.15) is 0 Å². The van der Waals surface area contributed by atoms with Crippen molar-refractivity contribution in [3.8, 4) is 0 Å². The molecule has 19 heavy (non-hydrogen) atoms. The minimum Gasteiger partial charge on any atom is -0.314 e. The topological polar surface area (TPSA) is 15.3 Å². The highest BCUT2D eigenvalue weighted by Gasteiger charge is 2.32. The molecule has 1 fully saturated rings. The fourth-order valence-electron chi connectivity index (χ4n) is 2.88. The Kier molecular flexibility index (Phi) is 4.78. The molecule has 0 saturated carbocycles. The second-order valence-electron chi connectivity index (χ2n) is 6.23. The normalized spacial score (nSPS) is 19.4. The van der Waals surface area contributed by atoms with Crippen LogP contribution in [0.3, 0.4) is 0 Å². The Morgan fingerprint density at radius 2 is 1.74 bits per heavy atom. The lowest BCUT2D eigenvalue weighted by Gasteiger charge is -2.42. The molecule has 1 aliphatic rings. The maximum atomic E-state index is 6.18. The second kappa shape index (κ2) is 6.01. The van der Waals surface area contributed by atoms with Crippen LogP contribution in [0.4, 0.5) is 0 Å². The van der Waals surface area contributed by atoms with E-state index in [1.165, 1.54) is 5.56 Å².